The van der Waals surface area contributed by atoms with Crippen LogP contribution in [0.4, 0.5) is 0 Å². The molecular weight excluding hydrogens is 329 g/mol. The molecule has 5 heteroatoms. The molecule has 0 fully saturated rings. The molecule has 3 aromatic rings. The van der Waals surface area contributed by atoms with Gasteiger partial charge in [-0.05, 0) is 37.1 Å². The largest absolute Gasteiger partial charge is 0.330 e. The van der Waals surface area contributed by atoms with Crippen LogP contribution >= 0.6 is 23.2 Å². The van der Waals surface area contributed by atoms with E-state index in [-0.39, 0.29) is 5.92 Å². The monoisotopic (exact) mass is 347 g/mol. The number of rotatable bonds is 5. The summed E-state index contributed by atoms with van der Waals surface area (Å²) >= 11 is 12.5. The van der Waals surface area contributed by atoms with Gasteiger partial charge in [0.15, 0.2) is 0 Å². The molecule has 0 radical (unpaired) electrons. The Hall–Kier alpha value is -1.55. The fourth-order valence-electron chi connectivity index (χ4n) is 2.99. The molecule has 0 aliphatic heterocycles. The van der Waals surface area contributed by atoms with E-state index in [1.165, 1.54) is 0 Å². The Bertz CT molecular complexity index is 826. The summed E-state index contributed by atoms with van der Waals surface area (Å²) in [5.74, 6) is 1.10. The molecular formula is C18H19Cl2N3. The van der Waals surface area contributed by atoms with Crippen LogP contribution in [-0.4, -0.2) is 16.1 Å². The zero-order valence-corrected chi connectivity index (χ0v) is 14.5. The first-order valence-electron chi connectivity index (χ1n) is 7.73. The molecule has 1 atom stereocenters. The van der Waals surface area contributed by atoms with Crippen LogP contribution in [0.15, 0.2) is 42.5 Å². The number of hydrogen-bond acceptors (Lipinski definition) is 2. The van der Waals surface area contributed by atoms with E-state index in [2.05, 4.69) is 17.6 Å². The molecule has 0 bridgehead atoms. The Kier molecular flexibility index (Phi) is 4.90. The van der Waals surface area contributed by atoms with Crippen molar-refractivity contribution in [3.8, 4) is 0 Å². The Labute approximate surface area is 146 Å². The number of nitrogens with two attached hydrogens (primary N) is 1. The Morgan fingerprint density at radius 1 is 1.13 bits per heavy atom. The second-order valence-electron chi connectivity index (χ2n) is 5.55. The van der Waals surface area contributed by atoms with Crippen LogP contribution < -0.4 is 5.73 Å². The molecule has 2 aromatic carbocycles. The third-order valence-corrected chi connectivity index (χ3v) is 5.01. The summed E-state index contributed by atoms with van der Waals surface area (Å²) in [6, 6.07) is 13.9. The summed E-state index contributed by atoms with van der Waals surface area (Å²) in [6.07, 6.45) is 0.721. The van der Waals surface area contributed by atoms with Gasteiger partial charge in [-0.1, -0.05) is 47.5 Å². The highest BCUT2D eigenvalue weighted by atomic mass is 35.5. The van der Waals surface area contributed by atoms with E-state index in [9.17, 15) is 0 Å². The van der Waals surface area contributed by atoms with Gasteiger partial charge in [0.25, 0.3) is 0 Å². The smallest absolute Gasteiger partial charge is 0.114 e. The molecule has 0 aliphatic rings. The summed E-state index contributed by atoms with van der Waals surface area (Å²) in [4.78, 5) is 4.81. The highest BCUT2D eigenvalue weighted by Gasteiger charge is 2.20. The highest BCUT2D eigenvalue weighted by Crippen LogP contribution is 2.30. The fraction of sp³-hybridized carbons (Fsp3) is 0.278. The number of hydrogen-bond donors (Lipinski definition) is 1. The summed E-state index contributed by atoms with van der Waals surface area (Å²) in [7, 11) is 0. The van der Waals surface area contributed by atoms with Crippen molar-refractivity contribution in [2.45, 2.75) is 25.8 Å². The molecule has 1 aromatic heterocycles. The SMILES string of the molecule is CCn1c(C(CN)Cc2cccc(Cl)c2Cl)nc2ccccc21. The number of aryl methyl sites for hydroxylation is 1. The normalized spacial score (nSPS) is 12.7. The molecule has 2 N–H and O–H groups in total. The molecule has 1 unspecified atom stereocenters. The van der Waals surface area contributed by atoms with Crippen molar-refractivity contribution in [2.24, 2.45) is 5.73 Å². The fourth-order valence-corrected chi connectivity index (χ4v) is 3.39. The molecule has 1 heterocycles. The first-order chi connectivity index (χ1) is 11.2. The first-order valence-corrected chi connectivity index (χ1v) is 8.49. The molecule has 0 saturated heterocycles. The van der Waals surface area contributed by atoms with Gasteiger partial charge in [0.2, 0.25) is 0 Å². The van der Waals surface area contributed by atoms with Gasteiger partial charge in [0.1, 0.15) is 5.82 Å². The van der Waals surface area contributed by atoms with E-state index >= 15 is 0 Å². The number of benzene rings is 2. The van der Waals surface area contributed by atoms with Crippen molar-refractivity contribution in [1.82, 2.24) is 9.55 Å². The Morgan fingerprint density at radius 3 is 2.65 bits per heavy atom. The zero-order chi connectivity index (χ0) is 16.4. The number of para-hydroxylation sites is 2. The molecule has 0 amide bonds. The number of halogens is 2. The topological polar surface area (TPSA) is 43.8 Å². The predicted octanol–water partition coefficient (Wildman–Crippen LogP) is 4.65. The van der Waals surface area contributed by atoms with Gasteiger partial charge in [-0.2, -0.15) is 0 Å². The number of imidazole rings is 1. The molecule has 3 rings (SSSR count). The lowest BCUT2D eigenvalue weighted by Crippen LogP contribution is -2.19. The summed E-state index contributed by atoms with van der Waals surface area (Å²) in [6.45, 7) is 3.49. The lowest BCUT2D eigenvalue weighted by Gasteiger charge is -2.17. The van der Waals surface area contributed by atoms with Crippen LogP contribution in [0.3, 0.4) is 0 Å². The number of fused-ring (bicyclic) bond motifs is 1. The van der Waals surface area contributed by atoms with Crippen LogP contribution in [0, 0.1) is 0 Å². The Balaban J connectivity index is 2.02. The van der Waals surface area contributed by atoms with E-state index in [1.54, 1.807) is 6.07 Å². The average Bonchev–Trinajstić information content (AvgIpc) is 2.94. The maximum atomic E-state index is 6.33. The quantitative estimate of drug-likeness (QED) is 0.729. The molecule has 3 nitrogen and oxygen atoms in total. The van der Waals surface area contributed by atoms with Crippen molar-refractivity contribution in [3.63, 3.8) is 0 Å². The van der Waals surface area contributed by atoms with Crippen LogP contribution in [0.5, 0.6) is 0 Å². The maximum Gasteiger partial charge on any atom is 0.114 e. The van der Waals surface area contributed by atoms with Gasteiger partial charge in [-0.25, -0.2) is 4.98 Å². The van der Waals surface area contributed by atoms with Crippen molar-refractivity contribution >= 4 is 34.2 Å². The van der Waals surface area contributed by atoms with Gasteiger partial charge in [0, 0.05) is 19.0 Å². The van der Waals surface area contributed by atoms with Gasteiger partial charge in [-0.3, -0.25) is 0 Å². The van der Waals surface area contributed by atoms with Crippen LogP contribution in [-0.2, 0) is 13.0 Å². The third kappa shape index (κ3) is 3.09. The van der Waals surface area contributed by atoms with E-state index < -0.39 is 0 Å². The van der Waals surface area contributed by atoms with Crippen LogP contribution in [0.25, 0.3) is 11.0 Å². The molecule has 0 saturated carbocycles. The average molecular weight is 348 g/mol. The molecule has 0 aliphatic carbocycles. The van der Waals surface area contributed by atoms with Crippen molar-refractivity contribution in [3.05, 3.63) is 63.9 Å². The second kappa shape index (κ2) is 6.91. The Morgan fingerprint density at radius 2 is 1.91 bits per heavy atom. The molecule has 0 spiro atoms. The minimum Gasteiger partial charge on any atom is -0.330 e. The molecule has 120 valence electrons. The van der Waals surface area contributed by atoms with E-state index in [0.717, 1.165) is 35.4 Å². The summed E-state index contributed by atoms with van der Waals surface area (Å²) < 4.78 is 2.23. The van der Waals surface area contributed by atoms with Crippen molar-refractivity contribution < 1.29 is 0 Å². The van der Waals surface area contributed by atoms with Crippen LogP contribution in [0.2, 0.25) is 10.0 Å². The minimum absolute atomic E-state index is 0.0957. The third-order valence-electron chi connectivity index (χ3n) is 4.15. The van der Waals surface area contributed by atoms with Gasteiger partial charge in [0.05, 0.1) is 21.1 Å². The van der Waals surface area contributed by atoms with Gasteiger partial charge >= 0.3 is 0 Å². The van der Waals surface area contributed by atoms with Crippen molar-refractivity contribution in [2.75, 3.05) is 6.54 Å². The minimum atomic E-state index is 0.0957. The van der Waals surface area contributed by atoms with E-state index in [1.807, 2.05) is 30.3 Å². The second-order valence-corrected chi connectivity index (χ2v) is 6.34. The van der Waals surface area contributed by atoms with E-state index in [0.29, 0.717) is 16.6 Å². The highest BCUT2D eigenvalue weighted by molar-refractivity contribution is 6.42. The zero-order valence-electron chi connectivity index (χ0n) is 13.0. The maximum absolute atomic E-state index is 6.33. The first kappa shape index (κ1) is 16.3. The summed E-state index contributed by atoms with van der Waals surface area (Å²) in [5.41, 5.74) is 9.20. The van der Waals surface area contributed by atoms with Gasteiger partial charge in [-0.15, -0.1) is 0 Å². The predicted molar refractivity (Wildman–Crippen MR) is 97.4 cm³/mol. The summed E-state index contributed by atoms with van der Waals surface area (Å²) in [5, 5.41) is 1.18. The standard InChI is InChI=1S/C18H19Cl2N3/c1-2-23-16-9-4-3-8-15(16)22-18(23)13(11-21)10-12-6-5-7-14(19)17(12)20/h3-9,13H,2,10-11,21H2,1H3. The number of aromatic nitrogens is 2. The van der Waals surface area contributed by atoms with E-state index in [4.69, 9.17) is 33.9 Å². The van der Waals surface area contributed by atoms with Crippen molar-refractivity contribution in [1.29, 1.82) is 0 Å². The molecule has 23 heavy (non-hydrogen) atoms. The number of nitrogens with zero attached hydrogens (tertiary/aromatic N) is 2. The van der Waals surface area contributed by atoms with Crippen LogP contribution in [0.1, 0.15) is 24.2 Å². The van der Waals surface area contributed by atoms with Gasteiger partial charge < -0.3 is 10.3 Å². The lowest BCUT2D eigenvalue weighted by molar-refractivity contribution is 0.598. The lowest BCUT2D eigenvalue weighted by atomic mass is 9.98.